The average molecular weight is 195 g/mol. The molecule has 1 aromatic rings. The van der Waals surface area contributed by atoms with Crippen LogP contribution in [0.25, 0.3) is 0 Å². The maximum Gasteiger partial charge on any atom is 0.136 e. The van der Waals surface area contributed by atoms with Gasteiger partial charge in [-0.2, -0.15) is 0 Å². The number of nitrogens with two attached hydrogens (primary N) is 1. The van der Waals surface area contributed by atoms with E-state index in [9.17, 15) is 4.39 Å². The first-order chi connectivity index (χ1) is 6.48. The number of hydrogen-bond acceptors (Lipinski definition) is 1. The van der Waals surface area contributed by atoms with E-state index in [4.69, 9.17) is 5.73 Å². The predicted molar refractivity (Wildman–Crippen MR) is 57.9 cm³/mol. The topological polar surface area (TPSA) is 26.0 Å². The van der Waals surface area contributed by atoms with E-state index in [1.807, 2.05) is 38.1 Å². The molecule has 2 unspecified atom stereocenters. The number of benzene rings is 1. The Balaban J connectivity index is 2.97. The van der Waals surface area contributed by atoms with Gasteiger partial charge in [0.2, 0.25) is 0 Å². The van der Waals surface area contributed by atoms with Gasteiger partial charge in [-0.25, -0.2) is 4.39 Å². The molecular formula is C12H18FN. The Morgan fingerprint density at radius 3 is 2.29 bits per heavy atom. The first-order valence-electron chi connectivity index (χ1n) is 4.94. The van der Waals surface area contributed by atoms with Crippen LogP contribution in [0.5, 0.6) is 0 Å². The van der Waals surface area contributed by atoms with E-state index in [-0.39, 0.29) is 5.92 Å². The molecule has 0 heterocycles. The Bertz CT molecular complexity index is 290. The van der Waals surface area contributed by atoms with Crippen molar-refractivity contribution in [1.82, 2.24) is 0 Å². The van der Waals surface area contributed by atoms with E-state index in [2.05, 4.69) is 0 Å². The van der Waals surface area contributed by atoms with E-state index in [1.54, 1.807) is 6.92 Å². The molecule has 0 amide bonds. The Kier molecular flexibility index (Phi) is 3.27. The highest BCUT2D eigenvalue weighted by atomic mass is 19.1. The van der Waals surface area contributed by atoms with Gasteiger partial charge in [-0.05, 0) is 26.0 Å². The Labute approximate surface area is 85.1 Å². The second kappa shape index (κ2) is 4.09. The maximum atomic E-state index is 14.3. The number of hydrogen-bond donors (Lipinski definition) is 1. The molecule has 78 valence electrons. The van der Waals surface area contributed by atoms with Crippen LogP contribution in [0.4, 0.5) is 4.39 Å². The summed E-state index contributed by atoms with van der Waals surface area (Å²) in [6.07, 6.45) is 0. The summed E-state index contributed by atoms with van der Waals surface area (Å²) in [5, 5.41) is 0. The minimum atomic E-state index is -1.33. The zero-order chi connectivity index (χ0) is 10.8. The van der Waals surface area contributed by atoms with Crippen LogP contribution in [0, 0.1) is 12.8 Å². The summed E-state index contributed by atoms with van der Waals surface area (Å²) < 4.78 is 14.3. The zero-order valence-electron chi connectivity index (χ0n) is 9.05. The van der Waals surface area contributed by atoms with Gasteiger partial charge in [0.25, 0.3) is 0 Å². The van der Waals surface area contributed by atoms with Gasteiger partial charge < -0.3 is 5.73 Å². The molecule has 0 saturated heterocycles. The minimum Gasteiger partial charge on any atom is -0.330 e. The fraction of sp³-hybridized carbons (Fsp3) is 0.500. The van der Waals surface area contributed by atoms with E-state index in [1.165, 1.54) is 0 Å². The number of alkyl halides is 1. The van der Waals surface area contributed by atoms with Crippen molar-refractivity contribution in [3.8, 4) is 0 Å². The summed E-state index contributed by atoms with van der Waals surface area (Å²) in [5.74, 6) is -0.162. The maximum absolute atomic E-state index is 14.3. The summed E-state index contributed by atoms with van der Waals surface area (Å²) in [6.45, 7) is 5.78. The standard InChI is InChI=1S/C12H18FN/c1-9-4-6-11(7-5-9)12(3,13)10(2)8-14/h4-7,10H,8,14H2,1-3H3. The first-order valence-corrected chi connectivity index (χ1v) is 4.94. The fourth-order valence-corrected chi connectivity index (χ4v) is 1.39. The molecule has 0 bridgehead atoms. The average Bonchev–Trinajstić information content (AvgIpc) is 2.17. The van der Waals surface area contributed by atoms with Crippen LogP contribution in [0.3, 0.4) is 0 Å². The molecule has 0 spiro atoms. The molecule has 0 aliphatic heterocycles. The third-order valence-corrected chi connectivity index (χ3v) is 2.90. The van der Waals surface area contributed by atoms with Gasteiger partial charge in [-0.15, -0.1) is 0 Å². The highest BCUT2D eigenvalue weighted by Crippen LogP contribution is 2.33. The molecule has 1 aromatic carbocycles. The molecule has 1 nitrogen and oxygen atoms in total. The Morgan fingerprint density at radius 2 is 1.86 bits per heavy atom. The molecular weight excluding hydrogens is 177 g/mol. The minimum absolute atomic E-state index is 0.162. The van der Waals surface area contributed by atoms with Crippen LogP contribution in [-0.4, -0.2) is 6.54 Å². The monoisotopic (exact) mass is 195 g/mol. The Morgan fingerprint density at radius 1 is 1.36 bits per heavy atom. The van der Waals surface area contributed by atoms with Crippen LogP contribution in [-0.2, 0) is 5.67 Å². The van der Waals surface area contributed by atoms with Crippen molar-refractivity contribution < 1.29 is 4.39 Å². The van der Waals surface area contributed by atoms with Crippen molar-refractivity contribution >= 4 is 0 Å². The lowest BCUT2D eigenvalue weighted by atomic mass is 9.85. The van der Waals surface area contributed by atoms with Gasteiger partial charge in [0.15, 0.2) is 0 Å². The van der Waals surface area contributed by atoms with E-state index in [0.29, 0.717) is 12.1 Å². The molecule has 1 rings (SSSR count). The summed E-state index contributed by atoms with van der Waals surface area (Å²) in [4.78, 5) is 0. The van der Waals surface area contributed by atoms with Crippen molar-refractivity contribution in [3.63, 3.8) is 0 Å². The lowest BCUT2D eigenvalue weighted by Gasteiger charge is -2.27. The Hall–Kier alpha value is -0.890. The number of halogens is 1. The third kappa shape index (κ3) is 2.13. The number of rotatable bonds is 3. The summed E-state index contributed by atoms with van der Waals surface area (Å²) in [6, 6.07) is 7.52. The van der Waals surface area contributed by atoms with Crippen molar-refractivity contribution in [2.24, 2.45) is 11.7 Å². The fourth-order valence-electron chi connectivity index (χ4n) is 1.39. The lowest BCUT2D eigenvalue weighted by molar-refractivity contribution is 0.117. The van der Waals surface area contributed by atoms with Crippen LogP contribution in [0.2, 0.25) is 0 Å². The lowest BCUT2D eigenvalue weighted by Crippen LogP contribution is -2.30. The van der Waals surface area contributed by atoms with Gasteiger partial charge in [0.1, 0.15) is 5.67 Å². The molecule has 2 N–H and O–H groups in total. The largest absolute Gasteiger partial charge is 0.330 e. The summed E-state index contributed by atoms with van der Waals surface area (Å²) >= 11 is 0. The van der Waals surface area contributed by atoms with Gasteiger partial charge in [-0.3, -0.25) is 0 Å². The molecule has 2 heteroatoms. The van der Waals surface area contributed by atoms with Crippen LogP contribution in [0.15, 0.2) is 24.3 Å². The second-order valence-electron chi connectivity index (χ2n) is 4.08. The highest BCUT2D eigenvalue weighted by molar-refractivity contribution is 5.26. The first kappa shape index (κ1) is 11.2. The molecule has 0 saturated carbocycles. The molecule has 2 atom stereocenters. The van der Waals surface area contributed by atoms with Gasteiger partial charge in [0, 0.05) is 5.92 Å². The highest BCUT2D eigenvalue weighted by Gasteiger charge is 2.31. The molecule has 0 aromatic heterocycles. The molecule has 0 aliphatic carbocycles. The van der Waals surface area contributed by atoms with Crippen molar-refractivity contribution in [1.29, 1.82) is 0 Å². The molecule has 0 aliphatic rings. The van der Waals surface area contributed by atoms with E-state index >= 15 is 0 Å². The van der Waals surface area contributed by atoms with Crippen molar-refractivity contribution in [2.45, 2.75) is 26.4 Å². The third-order valence-electron chi connectivity index (χ3n) is 2.90. The van der Waals surface area contributed by atoms with E-state index < -0.39 is 5.67 Å². The zero-order valence-corrected chi connectivity index (χ0v) is 9.05. The predicted octanol–water partition coefficient (Wildman–Crippen LogP) is 2.77. The summed E-state index contributed by atoms with van der Waals surface area (Å²) in [7, 11) is 0. The summed E-state index contributed by atoms with van der Waals surface area (Å²) in [5.41, 5.74) is 6.01. The van der Waals surface area contributed by atoms with Crippen molar-refractivity contribution in [2.75, 3.05) is 6.54 Å². The quantitative estimate of drug-likeness (QED) is 0.788. The van der Waals surface area contributed by atoms with Gasteiger partial charge in [0.05, 0.1) is 0 Å². The van der Waals surface area contributed by atoms with Crippen LogP contribution < -0.4 is 5.73 Å². The van der Waals surface area contributed by atoms with Gasteiger partial charge in [-0.1, -0.05) is 36.8 Å². The normalized spacial score (nSPS) is 17.5. The second-order valence-corrected chi connectivity index (χ2v) is 4.08. The number of aryl methyl sites for hydroxylation is 1. The molecule has 14 heavy (non-hydrogen) atoms. The smallest absolute Gasteiger partial charge is 0.136 e. The molecule has 0 radical (unpaired) electrons. The van der Waals surface area contributed by atoms with Crippen LogP contribution in [0.1, 0.15) is 25.0 Å². The van der Waals surface area contributed by atoms with Gasteiger partial charge >= 0.3 is 0 Å². The van der Waals surface area contributed by atoms with Crippen molar-refractivity contribution in [3.05, 3.63) is 35.4 Å². The SMILES string of the molecule is Cc1ccc(C(C)(F)C(C)CN)cc1. The molecule has 0 fully saturated rings. The van der Waals surface area contributed by atoms with Crippen LogP contribution >= 0.6 is 0 Å². The van der Waals surface area contributed by atoms with E-state index in [0.717, 1.165) is 5.56 Å².